The summed E-state index contributed by atoms with van der Waals surface area (Å²) in [5.41, 5.74) is 0. The van der Waals surface area contributed by atoms with Crippen molar-refractivity contribution in [1.29, 1.82) is 0 Å². The van der Waals surface area contributed by atoms with Gasteiger partial charge in [0.2, 0.25) is 5.91 Å². The summed E-state index contributed by atoms with van der Waals surface area (Å²) >= 11 is 0. The van der Waals surface area contributed by atoms with Gasteiger partial charge in [-0.25, -0.2) is 0 Å². The summed E-state index contributed by atoms with van der Waals surface area (Å²) in [5, 5.41) is 23.7. The first kappa shape index (κ1) is 60.9. The van der Waals surface area contributed by atoms with Crippen molar-refractivity contribution in [2.75, 3.05) is 6.61 Å². The van der Waals surface area contributed by atoms with Crippen LogP contribution in [0, 0.1) is 0 Å². The lowest BCUT2D eigenvalue weighted by atomic mass is 10.0. The second-order valence-electron chi connectivity index (χ2n) is 19.7. The molecule has 0 aromatic rings. The number of hydrogen-bond acceptors (Lipinski definition) is 5. The third-order valence-electron chi connectivity index (χ3n) is 13.4. The highest BCUT2D eigenvalue weighted by Crippen LogP contribution is 2.19. The minimum atomic E-state index is -0.778. The van der Waals surface area contributed by atoms with Crippen molar-refractivity contribution in [3.63, 3.8) is 0 Å². The zero-order chi connectivity index (χ0) is 45.2. The molecule has 0 bridgehead atoms. The fourth-order valence-corrected chi connectivity index (χ4v) is 9.14. The molecule has 3 atom stereocenters. The van der Waals surface area contributed by atoms with E-state index in [1.165, 1.54) is 238 Å². The van der Waals surface area contributed by atoms with Crippen LogP contribution in [-0.2, 0) is 14.3 Å². The van der Waals surface area contributed by atoms with Crippen LogP contribution >= 0.6 is 0 Å². The number of aliphatic hydroxyl groups is 2. The molecule has 0 aromatic heterocycles. The molecular weight excluding hydrogens is 767 g/mol. The van der Waals surface area contributed by atoms with E-state index in [1.807, 2.05) is 0 Å². The minimum absolute atomic E-state index is 0.0882. The molecular formula is C56H111NO5. The van der Waals surface area contributed by atoms with Crippen molar-refractivity contribution in [2.24, 2.45) is 0 Å². The summed E-state index contributed by atoms with van der Waals surface area (Å²) < 4.78 is 5.96. The molecule has 0 saturated heterocycles. The first-order valence-corrected chi connectivity index (χ1v) is 28.3. The molecule has 0 aliphatic heterocycles. The molecule has 3 N–H and O–H groups in total. The Morgan fingerprint density at radius 3 is 0.984 bits per heavy atom. The van der Waals surface area contributed by atoms with Crippen molar-refractivity contribution < 1.29 is 24.5 Å². The van der Waals surface area contributed by atoms with E-state index in [0.717, 1.165) is 38.5 Å². The predicted octanol–water partition coefficient (Wildman–Crippen LogP) is 17.1. The van der Waals surface area contributed by atoms with E-state index in [2.05, 4.69) is 26.1 Å². The van der Waals surface area contributed by atoms with Gasteiger partial charge in [-0.15, -0.1) is 0 Å². The van der Waals surface area contributed by atoms with Crippen molar-refractivity contribution >= 4 is 11.9 Å². The lowest BCUT2D eigenvalue weighted by Gasteiger charge is -2.24. The van der Waals surface area contributed by atoms with Crippen molar-refractivity contribution in [3.05, 3.63) is 0 Å². The van der Waals surface area contributed by atoms with E-state index < -0.39 is 18.2 Å². The summed E-state index contributed by atoms with van der Waals surface area (Å²) in [6.07, 6.45) is 56.0. The highest BCUT2D eigenvalue weighted by molar-refractivity contribution is 5.77. The number of carbonyl (C=O) groups is 2. The molecule has 0 aromatic carbocycles. The van der Waals surface area contributed by atoms with Crippen molar-refractivity contribution in [1.82, 2.24) is 5.32 Å². The molecule has 0 rings (SSSR count). The van der Waals surface area contributed by atoms with Gasteiger partial charge in [-0.3, -0.25) is 9.59 Å². The lowest BCUT2D eigenvalue weighted by molar-refractivity contribution is -0.151. The second kappa shape index (κ2) is 50.9. The molecule has 0 radical (unpaired) electrons. The topological polar surface area (TPSA) is 95.9 Å². The molecule has 0 saturated carbocycles. The Morgan fingerprint density at radius 1 is 0.403 bits per heavy atom. The van der Waals surface area contributed by atoms with Gasteiger partial charge < -0.3 is 20.3 Å². The van der Waals surface area contributed by atoms with Crippen LogP contribution in [0.3, 0.4) is 0 Å². The van der Waals surface area contributed by atoms with Crippen LogP contribution < -0.4 is 5.32 Å². The monoisotopic (exact) mass is 878 g/mol. The minimum Gasteiger partial charge on any atom is -0.462 e. The Kier molecular flexibility index (Phi) is 49.9. The molecule has 0 spiro atoms. The summed E-state index contributed by atoms with van der Waals surface area (Å²) in [6.45, 7) is 6.51. The zero-order valence-corrected chi connectivity index (χ0v) is 42.3. The summed E-state index contributed by atoms with van der Waals surface area (Å²) in [6, 6.07) is -0.692. The Morgan fingerprint density at radius 2 is 0.677 bits per heavy atom. The van der Waals surface area contributed by atoms with Gasteiger partial charge in [-0.1, -0.05) is 284 Å². The first-order valence-electron chi connectivity index (χ1n) is 28.3. The van der Waals surface area contributed by atoms with Gasteiger partial charge in [0, 0.05) is 6.42 Å². The Hall–Kier alpha value is -1.14. The van der Waals surface area contributed by atoms with Gasteiger partial charge in [-0.05, 0) is 25.7 Å². The largest absolute Gasteiger partial charge is 0.462 e. The molecule has 6 nitrogen and oxygen atoms in total. The number of esters is 1. The van der Waals surface area contributed by atoms with Crippen LogP contribution in [0.5, 0.6) is 0 Å². The molecule has 62 heavy (non-hydrogen) atoms. The lowest BCUT2D eigenvalue weighted by Crippen LogP contribution is -2.46. The molecule has 0 heterocycles. The number of nitrogens with one attached hydrogen (secondary N) is 1. The standard InChI is InChI=1S/C56H111NO5/c1-4-7-10-13-16-19-21-23-25-27-29-31-33-36-38-41-44-47-52(50-55(60)57-53(51-58)54(59)48-45-42-39-35-18-15-12-9-6-3)62-56(61)49-46-43-40-37-34-32-30-28-26-24-22-20-17-14-11-8-5-2/h52-54,58-59H,4-51H2,1-3H3,(H,57,60). The smallest absolute Gasteiger partial charge is 0.306 e. The zero-order valence-electron chi connectivity index (χ0n) is 42.3. The molecule has 370 valence electrons. The Bertz CT molecular complexity index is 898. The first-order chi connectivity index (χ1) is 30.5. The maximum absolute atomic E-state index is 13.2. The highest BCUT2D eigenvalue weighted by atomic mass is 16.5. The highest BCUT2D eigenvalue weighted by Gasteiger charge is 2.24. The fourth-order valence-electron chi connectivity index (χ4n) is 9.14. The summed E-state index contributed by atoms with van der Waals surface area (Å²) in [7, 11) is 0. The fraction of sp³-hybridized carbons (Fsp3) is 0.964. The molecule has 0 aliphatic carbocycles. The molecule has 0 aliphatic rings. The predicted molar refractivity (Wildman–Crippen MR) is 269 cm³/mol. The van der Waals surface area contributed by atoms with E-state index in [0.29, 0.717) is 19.3 Å². The number of ether oxygens (including phenoxy) is 1. The average molecular weight is 879 g/mol. The van der Waals surface area contributed by atoms with Crippen molar-refractivity contribution in [2.45, 2.75) is 341 Å². The maximum Gasteiger partial charge on any atom is 0.306 e. The number of amides is 1. The maximum atomic E-state index is 13.2. The number of aliphatic hydroxyl groups excluding tert-OH is 2. The number of carbonyl (C=O) groups excluding carboxylic acids is 2. The third-order valence-corrected chi connectivity index (χ3v) is 13.4. The van der Waals surface area contributed by atoms with E-state index in [4.69, 9.17) is 4.74 Å². The molecule has 1 amide bonds. The number of hydrogen-bond donors (Lipinski definition) is 3. The second-order valence-corrected chi connectivity index (χ2v) is 19.7. The molecule has 6 heteroatoms. The van der Waals surface area contributed by atoms with Crippen LogP contribution in [0.25, 0.3) is 0 Å². The number of rotatable bonds is 52. The van der Waals surface area contributed by atoms with Gasteiger partial charge >= 0.3 is 5.97 Å². The van der Waals surface area contributed by atoms with Gasteiger partial charge in [0.15, 0.2) is 0 Å². The van der Waals surface area contributed by atoms with E-state index in [-0.39, 0.29) is 24.9 Å². The number of unbranched alkanes of at least 4 members (excludes halogenated alkanes) is 40. The summed E-state index contributed by atoms with van der Waals surface area (Å²) in [4.78, 5) is 26.2. The van der Waals surface area contributed by atoms with Crippen LogP contribution in [-0.4, -0.2) is 46.9 Å². The van der Waals surface area contributed by atoms with E-state index in [1.54, 1.807) is 0 Å². The van der Waals surface area contributed by atoms with Gasteiger partial charge in [0.25, 0.3) is 0 Å². The van der Waals surface area contributed by atoms with Crippen molar-refractivity contribution in [3.8, 4) is 0 Å². The Labute approximate surface area is 387 Å². The van der Waals surface area contributed by atoms with E-state index in [9.17, 15) is 19.8 Å². The molecule has 3 unspecified atom stereocenters. The summed E-state index contributed by atoms with van der Waals surface area (Å²) in [5.74, 6) is -0.447. The quantitative estimate of drug-likeness (QED) is 0.0418. The SMILES string of the molecule is CCCCCCCCCCCCCCCCCCCC(=O)OC(CCCCCCCCCCCCCCCCCCC)CC(=O)NC(CO)C(O)CCCCCCCCCCC. The Balaban J connectivity index is 4.46. The average Bonchev–Trinajstić information content (AvgIpc) is 3.26. The third kappa shape index (κ3) is 45.4. The van der Waals surface area contributed by atoms with Gasteiger partial charge in [0.05, 0.1) is 25.2 Å². The normalized spacial score (nSPS) is 13.0. The van der Waals surface area contributed by atoms with E-state index >= 15 is 0 Å². The van der Waals surface area contributed by atoms with Crippen LogP contribution in [0.15, 0.2) is 0 Å². The van der Waals surface area contributed by atoms with Crippen LogP contribution in [0.4, 0.5) is 0 Å². The van der Waals surface area contributed by atoms with Gasteiger partial charge in [0.1, 0.15) is 6.10 Å². The van der Waals surface area contributed by atoms with Gasteiger partial charge in [-0.2, -0.15) is 0 Å². The molecule has 0 fully saturated rings. The van der Waals surface area contributed by atoms with Crippen LogP contribution in [0.2, 0.25) is 0 Å². The van der Waals surface area contributed by atoms with Crippen LogP contribution in [0.1, 0.15) is 323 Å².